The van der Waals surface area contributed by atoms with Crippen LogP contribution in [0.4, 0.5) is 13.2 Å². The first-order valence-corrected chi connectivity index (χ1v) is 6.01. The van der Waals surface area contributed by atoms with E-state index in [1.165, 1.54) is 18.2 Å². The molecule has 0 bridgehead atoms. The SMILES string of the molecule is Oc1cc(Cl)ccc1COc1cccc(C(F)(F)F)c1. The molecule has 0 saturated heterocycles. The Morgan fingerprint density at radius 2 is 1.85 bits per heavy atom. The summed E-state index contributed by atoms with van der Waals surface area (Å²) in [4.78, 5) is 0. The van der Waals surface area contributed by atoms with Crippen LogP contribution in [0.2, 0.25) is 5.02 Å². The van der Waals surface area contributed by atoms with Crippen LogP contribution in [0.25, 0.3) is 0 Å². The summed E-state index contributed by atoms with van der Waals surface area (Å²) >= 11 is 5.68. The lowest BCUT2D eigenvalue weighted by molar-refractivity contribution is -0.137. The fraction of sp³-hybridized carbons (Fsp3) is 0.143. The summed E-state index contributed by atoms with van der Waals surface area (Å²) in [6.45, 7) is -0.0513. The second-order valence-corrected chi connectivity index (χ2v) is 4.52. The van der Waals surface area contributed by atoms with Crippen LogP contribution in [0, 0.1) is 0 Å². The molecule has 0 heterocycles. The molecular formula is C14H10ClF3O2. The van der Waals surface area contributed by atoms with Crippen molar-refractivity contribution in [3.63, 3.8) is 0 Å². The lowest BCUT2D eigenvalue weighted by Crippen LogP contribution is -2.05. The molecule has 6 heteroatoms. The molecule has 1 N–H and O–H groups in total. The number of rotatable bonds is 3. The highest BCUT2D eigenvalue weighted by Crippen LogP contribution is 2.31. The van der Waals surface area contributed by atoms with Crippen molar-refractivity contribution in [3.05, 3.63) is 58.6 Å². The molecule has 0 saturated carbocycles. The molecule has 0 spiro atoms. The topological polar surface area (TPSA) is 29.5 Å². The minimum atomic E-state index is -4.41. The molecule has 106 valence electrons. The van der Waals surface area contributed by atoms with E-state index in [0.717, 1.165) is 12.1 Å². The lowest BCUT2D eigenvalue weighted by Gasteiger charge is -2.11. The van der Waals surface area contributed by atoms with E-state index in [1.807, 2.05) is 0 Å². The number of phenols is 1. The molecule has 2 rings (SSSR count). The molecule has 0 unspecified atom stereocenters. The van der Waals surface area contributed by atoms with Crippen LogP contribution in [0.5, 0.6) is 11.5 Å². The number of hydrogen-bond donors (Lipinski definition) is 1. The van der Waals surface area contributed by atoms with Crippen molar-refractivity contribution >= 4 is 11.6 Å². The van der Waals surface area contributed by atoms with E-state index in [4.69, 9.17) is 16.3 Å². The molecule has 0 radical (unpaired) electrons. The minimum absolute atomic E-state index is 0.0513. The van der Waals surface area contributed by atoms with E-state index in [-0.39, 0.29) is 18.1 Å². The highest BCUT2D eigenvalue weighted by Gasteiger charge is 2.30. The molecule has 2 aromatic rings. The first-order valence-electron chi connectivity index (χ1n) is 5.64. The summed E-state index contributed by atoms with van der Waals surface area (Å²) in [5.41, 5.74) is -0.345. The molecule has 0 amide bonds. The number of alkyl halides is 3. The van der Waals surface area contributed by atoms with E-state index < -0.39 is 11.7 Å². The summed E-state index contributed by atoms with van der Waals surface area (Å²) in [6.07, 6.45) is -4.41. The molecule has 0 aromatic heterocycles. The van der Waals surface area contributed by atoms with Gasteiger partial charge in [0.25, 0.3) is 0 Å². The third kappa shape index (κ3) is 3.57. The van der Waals surface area contributed by atoms with Crippen LogP contribution in [0.3, 0.4) is 0 Å². The summed E-state index contributed by atoms with van der Waals surface area (Å²) in [6, 6.07) is 9.01. The summed E-state index contributed by atoms with van der Waals surface area (Å²) in [5, 5.41) is 9.97. The van der Waals surface area contributed by atoms with E-state index in [0.29, 0.717) is 10.6 Å². The fourth-order valence-corrected chi connectivity index (χ4v) is 1.75. The van der Waals surface area contributed by atoms with Gasteiger partial charge in [0.15, 0.2) is 0 Å². The largest absolute Gasteiger partial charge is 0.507 e. The second-order valence-electron chi connectivity index (χ2n) is 4.09. The van der Waals surface area contributed by atoms with Crippen molar-refractivity contribution in [3.8, 4) is 11.5 Å². The van der Waals surface area contributed by atoms with Crippen molar-refractivity contribution in [2.75, 3.05) is 0 Å². The molecule has 0 aliphatic carbocycles. The van der Waals surface area contributed by atoms with Crippen LogP contribution in [0.15, 0.2) is 42.5 Å². The molecule has 0 atom stereocenters. The van der Waals surface area contributed by atoms with Crippen molar-refractivity contribution in [2.24, 2.45) is 0 Å². The molecule has 0 fully saturated rings. The van der Waals surface area contributed by atoms with Crippen LogP contribution < -0.4 is 4.74 Å². The highest BCUT2D eigenvalue weighted by molar-refractivity contribution is 6.30. The highest BCUT2D eigenvalue weighted by atomic mass is 35.5. The molecule has 2 aromatic carbocycles. The normalized spacial score (nSPS) is 11.4. The van der Waals surface area contributed by atoms with Gasteiger partial charge in [-0.05, 0) is 30.3 Å². The number of hydrogen-bond acceptors (Lipinski definition) is 2. The monoisotopic (exact) mass is 302 g/mol. The van der Waals surface area contributed by atoms with E-state index in [1.54, 1.807) is 12.1 Å². The zero-order valence-electron chi connectivity index (χ0n) is 10.1. The van der Waals surface area contributed by atoms with Gasteiger partial charge in [-0.3, -0.25) is 0 Å². The van der Waals surface area contributed by atoms with Crippen LogP contribution in [-0.4, -0.2) is 5.11 Å². The Morgan fingerprint density at radius 3 is 2.50 bits per heavy atom. The van der Waals surface area contributed by atoms with E-state index in [9.17, 15) is 18.3 Å². The van der Waals surface area contributed by atoms with Gasteiger partial charge in [0.1, 0.15) is 18.1 Å². The first-order chi connectivity index (χ1) is 9.36. The van der Waals surface area contributed by atoms with E-state index >= 15 is 0 Å². The third-order valence-corrected chi connectivity index (χ3v) is 2.84. The Morgan fingerprint density at radius 1 is 1.10 bits per heavy atom. The minimum Gasteiger partial charge on any atom is -0.507 e. The molecule has 0 aliphatic heterocycles. The van der Waals surface area contributed by atoms with Crippen LogP contribution in [-0.2, 0) is 12.8 Å². The molecule has 20 heavy (non-hydrogen) atoms. The molecule has 2 nitrogen and oxygen atoms in total. The standard InChI is InChI=1S/C14H10ClF3O2/c15-11-5-4-9(13(19)7-11)8-20-12-3-1-2-10(6-12)14(16,17)18/h1-7,19H,8H2. The van der Waals surface area contributed by atoms with Gasteiger partial charge < -0.3 is 9.84 Å². The van der Waals surface area contributed by atoms with Crippen LogP contribution >= 0.6 is 11.6 Å². The van der Waals surface area contributed by atoms with Gasteiger partial charge >= 0.3 is 6.18 Å². The van der Waals surface area contributed by atoms with Crippen LogP contribution in [0.1, 0.15) is 11.1 Å². The number of aromatic hydroxyl groups is 1. The van der Waals surface area contributed by atoms with Gasteiger partial charge in [-0.1, -0.05) is 23.7 Å². The second kappa shape index (κ2) is 5.63. The Kier molecular flexibility index (Phi) is 4.09. The van der Waals surface area contributed by atoms with E-state index in [2.05, 4.69) is 0 Å². The average Bonchev–Trinajstić information content (AvgIpc) is 2.37. The number of ether oxygens (including phenoxy) is 1. The number of benzene rings is 2. The predicted octanol–water partition coefficient (Wildman–Crippen LogP) is 4.64. The Balaban J connectivity index is 2.11. The smallest absolute Gasteiger partial charge is 0.416 e. The Hall–Kier alpha value is -1.88. The van der Waals surface area contributed by atoms with Crippen molar-refractivity contribution in [2.45, 2.75) is 12.8 Å². The maximum absolute atomic E-state index is 12.5. The average molecular weight is 303 g/mol. The third-order valence-electron chi connectivity index (χ3n) is 2.60. The van der Waals surface area contributed by atoms with Gasteiger partial charge in [0.05, 0.1) is 5.56 Å². The maximum atomic E-state index is 12.5. The summed E-state index contributed by atoms with van der Waals surface area (Å²) < 4.78 is 42.8. The Labute approximate surface area is 118 Å². The quantitative estimate of drug-likeness (QED) is 0.894. The predicted molar refractivity (Wildman–Crippen MR) is 68.9 cm³/mol. The zero-order chi connectivity index (χ0) is 14.8. The van der Waals surface area contributed by atoms with Crippen molar-refractivity contribution in [1.82, 2.24) is 0 Å². The van der Waals surface area contributed by atoms with Gasteiger partial charge in [0.2, 0.25) is 0 Å². The first kappa shape index (κ1) is 14.5. The summed E-state index contributed by atoms with van der Waals surface area (Å²) in [5.74, 6) is 0.0126. The fourth-order valence-electron chi connectivity index (χ4n) is 1.58. The lowest BCUT2D eigenvalue weighted by atomic mass is 10.2. The van der Waals surface area contributed by atoms with Gasteiger partial charge in [-0.15, -0.1) is 0 Å². The zero-order valence-corrected chi connectivity index (χ0v) is 10.9. The van der Waals surface area contributed by atoms with Gasteiger partial charge in [-0.25, -0.2) is 0 Å². The number of phenolic OH excluding ortho intramolecular Hbond substituents is 1. The number of halogens is 4. The van der Waals surface area contributed by atoms with Gasteiger partial charge in [-0.2, -0.15) is 13.2 Å². The van der Waals surface area contributed by atoms with Crippen molar-refractivity contribution in [1.29, 1.82) is 0 Å². The molecule has 0 aliphatic rings. The van der Waals surface area contributed by atoms with Gasteiger partial charge in [0, 0.05) is 10.6 Å². The maximum Gasteiger partial charge on any atom is 0.416 e. The Bertz CT molecular complexity index is 612. The van der Waals surface area contributed by atoms with Crippen molar-refractivity contribution < 1.29 is 23.0 Å². The molecular weight excluding hydrogens is 293 g/mol. The summed E-state index contributed by atoms with van der Waals surface area (Å²) in [7, 11) is 0.